The molecule has 0 radical (unpaired) electrons. The molecule has 9 heteroatoms. The van der Waals surface area contributed by atoms with Crippen molar-refractivity contribution in [3.63, 3.8) is 0 Å². The van der Waals surface area contributed by atoms with E-state index in [4.69, 9.17) is 4.74 Å². The van der Waals surface area contributed by atoms with E-state index in [0.717, 1.165) is 15.7 Å². The Morgan fingerprint density at radius 3 is 2.42 bits per heavy atom. The monoisotopic (exact) mass is 443 g/mol. The Kier molecular flexibility index (Phi) is 4.74. The van der Waals surface area contributed by atoms with E-state index in [-0.39, 0.29) is 28.6 Å². The van der Waals surface area contributed by atoms with E-state index in [0.29, 0.717) is 11.5 Å². The number of methoxy groups -OCH3 is 1. The van der Waals surface area contributed by atoms with E-state index in [2.05, 4.69) is 4.98 Å². The van der Waals surface area contributed by atoms with Crippen molar-refractivity contribution in [3.8, 4) is 5.75 Å². The van der Waals surface area contributed by atoms with Gasteiger partial charge in [-0.2, -0.15) is 4.98 Å². The molecular formula is C24H21N5O4. The van der Waals surface area contributed by atoms with Gasteiger partial charge in [0, 0.05) is 14.1 Å². The van der Waals surface area contributed by atoms with Crippen molar-refractivity contribution in [2.75, 3.05) is 7.11 Å². The summed E-state index contributed by atoms with van der Waals surface area (Å²) in [6.45, 7) is 0.271. The maximum Gasteiger partial charge on any atom is 0.332 e. The lowest BCUT2D eigenvalue weighted by atomic mass is 10.2. The van der Waals surface area contributed by atoms with Crippen LogP contribution in [-0.4, -0.2) is 30.2 Å². The SMILES string of the molecule is COc1cccc(/C=c2\c(=O)n(Cc3ccccc3)c3nc4c(c(=O)n(C)c(=O)n4C)n23)c1. The molecular weight excluding hydrogens is 422 g/mol. The van der Waals surface area contributed by atoms with Gasteiger partial charge < -0.3 is 4.74 Å². The van der Waals surface area contributed by atoms with Gasteiger partial charge in [0.1, 0.15) is 11.1 Å². The molecule has 0 N–H and O–H groups in total. The van der Waals surface area contributed by atoms with Crippen LogP contribution in [0.5, 0.6) is 5.75 Å². The zero-order chi connectivity index (χ0) is 23.3. The molecule has 0 aliphatic heterocycles. The van der Waals surface area contributed by atoms with Crippen LogP contribution in [0.1, 0.15) is 11.1 Å². The molecule has 0 amide bonds. The third-order valence-corrected chi connectivity index (χ3v) is 5.77. The Morgan fingerprint density at radius 1 is 0.939 bits per heavy atom. The lowest BCUT2D eigenvalue weighted by molar-refractivity contribution is 0.414. The smallest absolute Gasteiger partial charge is 0.332 e. The second-order valence-corrected chi connectivity index (χ2v) is 7.81. The molecule has 0 aliphatic carbocycles. The lowest BCUT2D eigenvalue weighted by Gasteiger charge is -2.02. The molecule has 0 aliphatic rings. The number of fused-ring (bicyclic) bond motifs is 3. The van der Waals surface area contributed by atoms with Gasteiger partial charge in [-0.05, 0) is 29.3 Å². The number of aromatic nitrogens is 5. The fourth-order valence-electron chi connectivity index (χ4n) is 4.04. The number of benzene rings is 2. The van der Waals surface area contributed by atoms with Crippen molar-refractivity contribution in [1.29, 1.82) is 0 Å². The highest BCUT2D eigenvalue weighted by atomic mass is 16.5. The summed E-state index contributed by atoms with van der Waals surface area (Å²) in [5.41, 5.74) is 0.749. The molecule has 0 saturated heterocycles. The Hall–Kier alpha value is -4.40. The van der Waals surface area contributed by atoms with Crippen LogP contribution in [0.2, 0.25) is 0 Å². The summed E-state index contributed by atoms with van der Waals surface area (Å²) in [5.74, 6) is 0.941. The minimum atomic E-state index is -0.516. The van der Waals surface area contributed by atoms with Crippen LogP contribution in [-0.2, 0) is 20.6 Å². The number of hydrogen-bond acceptors (Lipinski definition) is 5. The third-order valence-electron chi connectivity index (χ3n) is 5.77. The first-order valence-electron chi connectivity index (χ1n) is 10.3. The van der Waals surface area contributed by atoms with E-state index in [1.165, 1.54) is 16.2 Å². The van der Waals surface area contributed by atoms with Crippen molar-refractivity contribution in [2.45, 2.75) is 6.54 Å². The van der Waals surface area contributed by atoms with Gasteiger partial charge in [0.2, 0.25) is 5.78 Å². The fourth-order valence-corrected chi connectivity index (χ4v) is 4.04. The molecule has 3 heterocycles. The summed E-state index contributed by atoms with van der Waals surface area (Å²) in [6.07, 6.45) is 1.70. The topological polar surface area (TPSA) is 92.5 Å². The Bertz CT molecular complexity index is 1760. The van der Waals surface area contributed by atoms with E-state index >= 15 is 0 Å². The molecule has 3 aromatic heterocycles. The lowest BCUT2D eigenvalue weighted by Crippen LogP contribution is -2.39. The predicted octanol–water partition coefficient (Wildman–Crippen LogP) is 0.651. The Balaban J connectivity index is 1.94. The minimum Gasteiger partial charge on any atom is -0.497 e. The summed E-state index contributed by atoms with van der Waals surface area (Å²) in [5, 5.41) is 0.271. The number of hydrogen-bond donors (Lipinski definition) is 0. The molecule has 0 unspecified atom stereocenters. The van der Waals surface area contributed by atoms with Gasteiger partial charge in [0.15, 0.2) is 11.2 Å². The largest absolute Gasteiger partial charge is 0.497 e. The average molecular weight is 443 g/mol. The van der Waals surface area contributed by atoms with E-state index in [9.17, 15) is 14.4 Å². The maximum absolute atomic E-state index is 13.6. The van der Waals surface area contributed by atoms with Gasteiger partial charge in [-0.1, -0.05) is 42.5 Å². The Morgan fingerprint density at radius 2 is 1.70 bits per heavy atom. The molecule has 0 spiro atoms. The van der Waals surface area contributed by atoms with E-state index < -0.39 is 11.2 Å². The molecule has 5 aromatic rings. The van der Waals surface area contributed by atoms with Crippen molar-refractivity contribution in [2.24, 2.45) is 14.1 Å². The number of aryl methyl sites for hydroxylation is 1. The maximum atomic E-state index is 13.6. The molecule has 166 valence electrons. The van der Waals surface area contributed by atoms with Crippen molar-refractivity contribution >= 4 is 23.0 Å². The van der Waals surface area contributed by atoms with Crippen LogP contribution in [0.4, 0.5) is 0 Å². The first-order chi connectivity index (χ1) is 15.9. The summed E-state index contributed by atoms with van der Waals surface area (Å²) < 4.78 is 10.7. The molecule has 5 rings (SSSR count). The molecule has 33 heavy (non-hydrogen) atoms. The predicted molar refractivity (Wildman–Crippen MR) is 125 cm³/mol. The molecule has 9 nitrogen and oxygen atoms in total. The number of imidazole rings is 2. The van der Waals surface area contributed by atoms with Crippen LogP contribution < -0.4 is 26.9 Å². The van der Waals surface area contributed by atoms with Gasteiger partial charge >= 0.3 is 5.69 Å². The highest BCUT2D eigenvalue weighted by molar-refractivity contribution is 5.76. The van der Waals surface area contributed by atoms with Crippen LogP contribution in [0.3, 0.4) is 0 Å². The molecule has 0 fully saturated rings. The zero-order valence-electron chi connectivity index (χ0n) is 18.3. The average Bonchev–Trinajstić information content (AvgIpc) is 3.33. The first kappa shape index (κ1) is 20.5. The number of nitrogens with zero attached hydrogens (tertiary/aromatic N) is 5. The molecule has 2 aromatic carbocycles. The zero-order valence-corrected chi connectivity index (χ0v) is 18.3. The van der Waals surface area contributed by atoms with Gasteiger partial charge in [0.25, 0.3) is 11.1 Å². The minimum absolute atomic E-state index is 0.174. The fraction of sp³-hybridized carbons (Fsp3) is 0.167. The number of ether oxygens (including phenoxy) is 1. The standard InChI is InChI=1S/C24H21N5O4/c1-26-20-19(22(31)27(2)24(26)32)29-18(13-16-10-7-11-17(12-16)33-3)21(30)28(23(29)25-20)14-15-8-5-4-6-9-15/h4-13H,14H2,1-3H3/b18-13+. The Labute approximate surface area is 187 Å². The second kappa shape index (κ2) is 7.63. The van der Waals surface area contributed by atoms with Crippen molar-refractivity contribution < 1.29 is 4.74 Å². The van der Waals surface area contributed by atoms with Gasteiger partial charge in [-0.3, -0.25) is 27.7 Å². The van der Waals surface area contributed by atoms with Crippen LogP contribution >= 0.6 is 0 Å². The quantitative estimate of drug-likeness (QED) is 0.407. The van der Waals surface area contributed by atoms with Gasteiger partial charge in [0.05, 0.1) is 13.7 Å². The van der Waals surface area contributed by atoms with Gasteiger partial charge in [-0.15, -0.1) is 0 Å². The van der Waals surface area contributed by atoms with Crippen LogP contribution in [0, 0.1) is 0 Å². The highest BCUT2D eigenvalue weighted by Gasteiger charge is 2.21. The van der Waals surface area contributed by atoms with Crippen LogP contribution in [0.15, 0.2) is 69.0 Å². The second-order valence-electron chi connectivity index (χ2n) is 7.81. The van der Waals surface area contributed by atoms with E-state index in [1.807, 2.05) is 48.5 Å². The summed E-state index contributed by atoms with van der Waals surface area (Å²) in [6, 6.07) is 16.8. The summed E-state index contributed by atoms with van der Waals surface area (Å²) in [7, 11) is 4.54. The van der Waals surface area contributed by atoms with Crippen molar-refractivity contribution in [1.82, 2.24) is 23.1 Å². The van der Waals surface area contributed by atoms with Crippen molar-refractivity contribution in [3.05, 3.63) is 102 Å². The summed E-state index contributed by atoms with van der Waals surface area (Å²) in [4.78, 5) is 43.7. The summed E-state index contributed by atoms with van der Waals surface area (Å²) >= 11 is 0. The van der Waals surface area contributed by atoms with Gasteiger partial charge in [-0.25, -0.2) is 4.79 Å². The normalized spacial score (nSPS) is 12.2. The molecule has 0 saturated carbocycles. The molecule has 0 atom stereocenters. The number of rotatable bonds is 4. The molecule has 0 bridgehead atoms. The highest BCUT2D eigenvalue weighted by Crippen LogP contribution is 2.14. The van der Waals surface area contributed by atoms with Crippen LogP contribution in [0.25, 0.3) is 23.0 Å². The first-order valence-corrected chi connectivity index (χ1v) is 10.3. The van der Waals surface area contributed by atoms with E-state index in [1.54, 1.807) is 30.7 Å². The third kappa shape index (κ3) is 3.16.